The fourth-order valence-corrected chi connectivity index (χ4v) is 4.31. The topological polar surface area (TPSA) is 35.5 Å². The molecule has 0 heterocycles. The maximum Gasteiger partial charge on any atom is 0.147 e. The second-order valence-corrected chi connectivity index (χ2v) is 6.36. The maximum absolute atomic E-state index is 13.1. The Morgan fingerprint density at radius 3 is 2.90 bits per heavy atom. The minimum Gasteiger partial charge on any atom is -0.359 e. The Kier molecular flexibility index (Phi) is 4.41. The molecule has 0 spiro atoms. The molecule has 2 unspecified atom stereocenters. The highest BCUT2D eigenvalue weighted by Crippen LogP contribution is 2.49. The van der Waals surface area contributed by atoms with E-state index in [1.807, 2.05) is 6.08 Å². The van der Waals surface area contributed by atoms with Crippen LogP contribution in [0.15, 0.2) is 37.0 Å². The summed E-state index contributed by atoms with van der Waals surface area (Å²) in [6, 6.07) is 0. The molecule has 0 N–H and O–H groups in total. The standard InChI is InChI=1S/C18H24O3/c1-3-12-10-13-6-4-8-15-16(21-11-20-2)9-5-7-14(12)17(13)18(15)19/h3-6,9,12-17H,1,7-8,10-11H2,2H3/b9-5-/t12-,13+,14+,15+,16?,17?/m0/s1. The Labute approximate surface area is 126 Å². The van der Waals surface area contributed by atoms with Crippen LogP contribution in [0, 0.1) is 29.6 Å². The number of ketones is 1. The normalized spacial score (nSPS) is 43.0. The highest BCUT2D eigenvalue weighted by atomic mass is 16.7. The third kappa shape index (κ3) is 2.65. The number of methoxy groups -OCH3 is 1. The lowest BCUT2D eigenvalue weighted by Gasteiger charge is -2.31. The average Bonchev–Trinajstić information content (AvgIpc) is 2.72. The highest BCUT2D eigenvalue weighted by molar-refractivity contribution is 5.86. The summed E-state index contributed by atoms with van der Waals surface area (Å²) >= 11 is 0. The number of ether oxygens (including phenoxy) is 2. The molecule has 3 nitrogen and oxygen atoms in total. The molecular weight excluding hydrogens is 264 g/mol. The summed E-state index contributed by atoms with van der Waals surface area (Å²) in [4.78, 5) is 13.1. The van der Waals surface area contributed by atoms with Gasteiger partial charge in [-0.3, -0.25) is 4.79 Å². The molecule has 3 aliphatic carbocycles. The Morgan fingerprint density at radius 2 is 2.14 bits per heavy atom. The van der Waals surface area contributed by atoms with Crippen LogP contribution in [-0.4, -0.2) is 25.8 Å². The first-order chi connectivity index (χ1) is 10.3. The van der Waals surface area contributed by atoms with E-state index in [9.17, 15) is 4.79 Å². The molecule has 0 saturated heterocycles. The van der Waals surface area contributed by atoms with Crippen LogP contribution in [-0.2, 0) is 14.3 Å². The molecule has 6 atom stereocenters. The monoisotopic (exact) mass is 288 g/mol. The first-order valence-electron chi connectivity index (χ1n) is 7.86. The van der Waals surface area contributed by atoms with E-state index < -0.39 is 0 Å². The van der Waals surface area contributed by atoms with Crippen molar-refractivity contribution in [2.45, 2.75) is 25.4 Å². The van der Waals surface area contributed by atoms with E-state index in [-0.39, 0.29) is 24.7 Å². The summed E-state index contributed by atoms with van der Waals surface area (Å²) in [5.41, 5.74) is 0. The molecular formula is C18H24O3. The fraction of sp³-hybridized carbons (Fsp3) is 0.611. The van der Waals surface area contributed by atoms with Crippen LogP contribution >= 0.6 is 0 Å². The van der Waals surface area contributed by atoms with Crippen LogP contribution in [0.1, 0.15) is 19.3 Å². The van der Waals surface area contributed by atoms with Gasteiger partial charge in [-0.25, -0.2) is 0 Å². The molecule has 0 aliphatic heterocycles. The molecule has 114 valence electrons. The minimum atomic E-state index is -0.162. The predicted octanol–water partition coefficient (Wildman–Crippen LogP) is 3.14. The first-order valence-corrected chi connectivity index (χ1v) is 7.86. The number of carbonyl (C=O) groups is 1. The molecule has 0 aromatic carbocycles. The molecule has 0 amide bonds. The van der Waals surface area contributed by atoms with Crippen molar-refractivity contribution < 1.29 is 14.3 Å². The van der Waals surface area contributed by atoms with Gasteiger partial charge in [-0.15, -0.1) is 6.58 Å². The van der Waals surface area contributed by atoms with Crippen molar-refractivity contribution in [3.05, 3.63) is 37.0 Å². The molecule has 0 aromatic heterocycles. The molecule has 21 heavy (non-hydrogen) atoms. The Bertz CT molecular complexity index is 465. The van der Waals surface area contributed by atoms with Crippen LogP contribution in [0.2, 0.25) is 0 Å². The third-order valence-electron chi connectivity index (χ3n) is 5.30. The summed E-state index contributed by atoms with van der Waals surface area (Å²) in [5, 5.41) is 0. The predicted molar refractivity (Wildman–Crippen MR) is 81.5 cm³/mol. The van der Waals surface area contributed by atoms with Gasteiger partial charge in [0.2, 0.25) is 0 Å². The summed E-state index contributed by atoms with van der Waals surface area (Å²) < 4.78 is 10.8. The van der Waals surface area contributed by atoms with Gasteiger partial charge < -0.3 is 9.47 Å². The van der Waals surface area contributed by atoms with Gasteiger partial charge in [0.05, 0.1) is 12.0 Å². The first kappa shape index (κ1) is 14.7. The maximum atomic E-state index is 13.1. The van der Waals surface area contributed by atoms with Gasteiger partial charge in [0.25, 0.3) is 0 Å². The number of fused-ring (bicyclic) bond motifs is 1. The van der Waals surface area contributed by atoms with E-state index in [0.29, 0.717) is 23.5 Å². The van der Waals surface area contributed by atoms with Gasteiger partial charge in [0.1, 0.15) is 12.6 Å². The van der Waals surface area contributed by atoms with Gasteiger partial charge in [-0.05, 0) is 37.0 Å². The van der Waals surface area contributed by atoms with E-state index in [0.717, 1.165) is 19.3 Å². The van der Waals surface area contributed by atoms with Crippen molar-refractivity contribution in [2.75, 3.05) is 13.9 Å². The van der Waals surface area contributed by atoms with Crippen LogP contribution in [0.4, 0.5) is 0 Å². The summed E-state index contributed by atoms with van der Waals surface area (Å²) in [6.45, 7) is 4.20. The van der Waals surface area contributed by atoms with Gasteiger partial charge in [-0.2, -0.15) is 0 Å². The number of hydrogen-bond donors (Lipinski definition) is 0. The highest BCUT2D eigenvalue weighted by Gasteiger charge is 2.48. The average molecular weight is 288 g/mol. The third-order valence-corrected chi connectivity index (χ3v) is 5.30. The van der Waals surface area contributed by atoms with E-state index >= 15 is 0 Å². The smallest absolute Gasteiger partial charge is 0.147 e. The summed E-state index contributed by atoms with van der Waals surface area (Å²) in [6.07, 6.45) is 13.4. The van der Waals surface area contributed by atoms with Crippen LogP contribution in [0.25, 0.3) is 0 Å². The van der Waals surface area contributed by atoms with Gasteiger partial charge >= 0.3 is 0 Å². The summed E-state index contributed by atoms with van der Waals surface area (Å²) in [5.74, 6) is 1.68. The molecule has 2 bridgehead atoms. The molecule has 1 fully saturated rings. The van der Waals surface area contributed by atoms with Crippen LogP contribution < -0.4 is 0 Å². The SMILES string of the molecule is C=C[C@H]1C[C@H]2C=CC[C@H]3C(=O)C2[C@@H]1C/C=C\C3OCOC. The molecule has 3 rings (SSSR count). The van der Waals surface area contributed by atoms with Crippen LogP contribution in [0.3, 0.4) is 0 Å². The van der Waals surface area contributed by atoms with Crippen molar-refractivity contribution in [1.82, 2.24) is 0 Å². The van der Waals surface area contributed by atoms with Crippen molar-refractivity contribution >= 4 is 5.78 Å². The van der Waals surface area contributed by atoms with E-state index in [1.54, 1.807) is 7.11 Å². The Hall–Kier alpha value is -1.19. The molecule has 1 saturated carbocycles. The molecule has 3 heteroatoms. The van der Waals surface area contributed by atoms with Crippen molar-refractivity contribution in [3.63, 3.8) is 0 Å². The van der Waals surface area contributed by atoms with Crippen LogP contribution in [0.5, 0.6) is 0 Å². The molecule has 3 aliphatic rings. The Balaban J connectivity index is 1.92. The van der Waals surface area contributed by atoms with E-state index in [2.05, 4.69) is 30.9 Å². The lowest BCUT2D eigenvalue weighted by Crippen LogP contribution is -2.38. The van der Waals surface area contributed by atoms with E-state index in [1.165, 1.54) is 0 Å². The lowest BCUT2D eigenvalue weighted by molar-refractivity contribution is -0.137. The van der Waals surface area contributed by atoms with Gasteiger partial charge in [0.15, 0.2) is 0 Å². The lowest BCUT2D eigenvalue weighted by atomic mass is 9.75. The molecule has 0 aromatic rings. The second-order valence-electron chi connectivity index (χ2n) is 6.36. The van der Waals surface area contributed by atoms with E-state index in [4.69, 9.17) is 9.47 Å². The number of hydrogen-bond acceptors (Lipinski definition) is 3. The summed E-state index contributed by atoms with van der Waals surface area (Å²) in [7, 11) is 1.61. The number of Topliss-reactive ketones (excluding diaryl/α,β-unsaturated/α-hetero) is 1. The molecule has 0 radical (unpaired) electrons. The van der Waals surface area contributed by atoms with Gasteiger partial charge in [-0.1, -0.05) is 30.4 Å². The van der Waals surface area contributed by atoms with Crippen molar-refractivity contribution in [2.24, 2.45) is 29.6 Å². The zero-order valence-electron chi connectivity index (χ0n) is 12.6. The number of allylic oxidation sites excluding steroid dienone is 4. The second kappa shape index (κ2) is 6.29. The minimum absolute atomic E-state index is 0.0750. The quantitative estimate of drug-likeness (QED) is 0.589. The number of carbonyl (C=O) groups excluding carboxylic acids is 1. The van der Waals surface area contributed by atoms with Crippen molar-refractivity contribution in [1.29, 1.82) is 0 Å². The fourth-order valence-electron chi connectivity index (χ4n) is 4.31. The largest absolute Gasteiger partial charge is 0.359 e. The zero-order valence-corrected chi connectivity index (χ0v) is 12.6. The van der Waals surface area contributed by atoms with Crippen molar-refractivity contribution in [3.8, 4) is 0 Å². The van der Waals surface area contributed by atoms with Gasteiger partial charge in [0, 0.05) is 13.0 Å². The zero-order chi connectivity index (χ0) is 14.8. The Morgan fingerprint density at radius 1 is 1.33 bits per heavy atom. The number of rotatable bonds is 4.